The van der Waals surface area contributed by atoms with Crippen LogP contribution < -0.4 is 5.32 Å². The average molecular weight is 233 g/mol. The van der Waals surface area contributed by atoms with Crippen molar-refractivity contribution in [2.24, 2.45) is 0 Å². The van der Waals surface area contributed by atoms with E-state index in [0.717, 1.165) is 6.54 Å². The van der Waals surface area contributed by atoms with Gasteiger partial charge in [0.05, 0.1) is 25.9 Å². The van der Waals surface area contributed by atoms with Crippen LogP contribution in [0.1, 0.15) is 13.8 Å². The summed E-state index contributed by atoms with van der Waals surface area (Å²) in [6.07, 6.45) is -0.0165. The molecule has 1 aliphatic rings. The Morgan fingerprint density at radius 2 is 2.00 bits per heavy atom. The van der Waals surface area contributed by atoms with Crippen LogP contribution in [-0.2, 0) is 18.9 Å². The molecule has 1 N–H and O–H groups in total. The molecule has 1 atom stereocenters. The first-order valence-electron chi connectivity index (χ1n) is 6.00. The highest BCUT2D eigenvalue weighted by Crippen LogP contribution is 1.99. The molecule has 0 aromatic rings. The van der Waals surface area contributed by atoms with E-state index in [1.165, 1.54) is 0 Å². The van der Waals surface area contributed by atoms with Gasteiger partial charge in [0.25, 0.3) is 0 Å². The molecular weight excluding hydrogens is 210 g/mol. The molecule has 1 aliphatic heterocycles. The van der Waals surface area contributed by atoms with Gasteiger partial charge in [-0.3, -0.25) is 0 Å². The zero-order valence-electron chi connectivity index (χ0n) is 10.2. The van der Waals surface area contributed by atoms with Gasteiger partial charge in [0.2, 0.25) is 0 Å². The highest BCUT2D eigenvalue weighted by Gasteiger charge is 2.14. The summed E-state index contributed by atoms with van der Waals surface area (Å²) >= 11 is 0. The monoisotopic (exact) mass is 233 g/mol. The molecule has 1 saturated heterocycles. The number of rotatable bonds is 8. The molecule has 0 aliphatic carbocycles. The van der Waals surface area contributed by atoms with E-state index >= 15 is 0 Å². The van der Waals surface area contributed by atoms with Gasteiger partial charge >= 0.3 is 0 Å². The van der Waals surface area contributed by atoms with E-state index in [9.17, 15) is 0 Å². The lowest BCUT2D eigenvalue weighted by Gasteiger charge is -2.24. The number of ether oxygens (including phenoxy) is 4. The minimum atomic E-state index is -0.167. The normalized spacial score (nSPS) is 21.6. The van der Waals surface area contributed by atoms with Crippen molar-refractivity contribution in [1.29, 1.82) is 0 Å². The third kappa shape index (κ3) is 5.77. The van der Waals surface area contributed by atoms with Gasteiger partial charge in [0.1, 0.15) is 0 Å². The van der Waals surface area contributed by atoms with E-state index in [-0.39, 0.29) is 12.4 Å². The summed E-state index contributed by atoms with van der Waals surface area (Å²) in [5.41, 5.74) is 0. The molecule has 1 unspecified atom stereocenters. The van der Waals surface area contributed by atoms with Gasteiger partial charge in [-0.25, -0.2) is 0 Å². The third-order valence-electron chi connectivity index (χ3n) is 2.27. The van der Waals surface area contributed by atoms with Gasteiger partial charge < -0.3 is 24.3 Å². The average Bonchev–Trinajstić information content (AvgIpc) is 2.31. The molecular formula is C11H23NO4. The highest BCUT2D eigenvalue weighted by molar-refractivity contribution is 4.64. The lowest BCUT2D eigenvalue weighted by atomic mass is 10.3. The largest absolute Gasteiger partial charge is 0.376 e. The van der Waals surface area contributed by atoms with Crippen molar-refractivity contribution < 1.29 is 18.9 Å². The zero-order valence-corrected chi connectivity index (χ0v) is 10.2. The molecule has 0 aromatic carbocycles. The van der Waals surface area contributed by atoms with Crippen molar-refractivity contribution in [3.63, 3.8) is 0 Å². The first-order valence-corrected chi connectivity index (χ1v) is 6.00. The first-order chi connectivity index (χ1) is 7.86. The number of hydrogen-bond acceptors (Lipinski definition) is 5. The van der Waals surface area contributed by atoms with Crippen LogP contribution in [0.3, 0.4) is 0 Å². The second kappa shape index (κ2) is 8.90. The van der Waals surface area contributed by atoms with Gasteiger partial charge in [-0.1, -0.05) is 0 Å². The molecule has 96 valence electrons. The summed E-state index contributed by atoms with van der Waals surface area (Å²) in [5, 5.41) is 3.27. The molecule has 0 spiro atoms. The van der Waals surface area contributed by atoms with Crippen LogP contribution in [0.25, 0.3) is 0 Å². The Morgan fingerprint density at radius 3 is 2.56 bits per heavy atom. The van der Waals surface area contributed by atoms with Crippen LogP contribution in [0.15, 0.2) is 0 Å². The van der Waals surface area contributed by atoms with Gasteiger partial charge in [0, 0.05) is 26.3 Å². The van der Waals surface area contributed by atoms with Crippen LogP contribution in [0.4, 0.5) is 0 Å². The summed E-state index contributed by atoms with van der Waals surface area (Å²) in [5.74, 6) is 0. The maximum atomic E-state index is 5.51. The lowest BCUT2D eigenvalue weighted by molar-refractivity contribution is -0.135. The standard InChI is InChI=1S/C11H23NO4/c1-3-14-11(15-4-2)8-12-7-10-9-13-5-6-16-10/h10-12H,3-9H2,1-2H3. The van der Waals surface area contributed by atoms with Crippen molar-refractivity contribution in [3.8, 4) is 0 Å². The fourth-order valence-corrected chi connectivity index (χ4v) is 1.55. The highest BCUT2D eigenvalue weighted by atomic mass is 16.7. The van der Waals surface area contributed by atoms with Gasteiger partial charge in [-0.15, -0.1) is 0 Å². The Balaban J connectivity index is 2.06. The van der Waals surface area contributed by atoms with Crippen molar-refractivity contribution in [2.45, 2.75) is 26.2 Å². The van der Waals surface area contributed by atoms with Gasteiger partial charge in [0.15, 0.2) is 6.29 Å². The molecule has 16 heavy (non-hydrogen) atoms. The molecule has 5 heteroatoms. The molecule has 0 saturated carbocycles. The second-order valence-electron chi connectivity index (χ2n) is 3.57. The van der Waals surface area contributed by atoms with Gasteiger partial charge in [-0.2, -0.15) is 0 Å². The van der Waals surface area contributed by atoms with Crippen molar-refractivity contribution in [2.75, 3.05) is 46.1 Å². The minimum absolute atomic E-state index is 0.151. The fraction of sp³-hybridized carbons (Fsp3) is 1.00. The van der Waals surface area contributed by atoms with Crippen LogP contribution in [0, 0.1) is 0 Å². The van der Waals surface area contributed by atoms with E-state index in [1.54, 1.807) is 0 Å². The minimum Gasteiger partial charge on any atom is -0.376 e. The molecule has 1 fully saturated rings. The fourth-order valence-electron chi connectivity index (χ4n) is 1.55. The van der Waals surface area contributed by atoms with Crippen LogP contribution in [0.2, 0.25) is 0 Å². The SMILES string of the molecule is CCOC(CNCC1COCCO1)OCC. The third-order valence-corrected chi connectivity index (χ3v) is 2.27. The van der Waals surface area contributed by atoms with E-state index in [2.05, 4.69) is 5.32 Å². The first kappa shape index (κ1) is 13.9. The second-order valence-corrected chi connectivity index (χ2v) is 3.57. The Kier molecular flexibility index (Phi) is 7.71. The van der Waals surface area contributed by atoms with Crippen LogP contribution in [-0.4, -0.2) is 58.5 Å². The zero-order chi connectivity index (χ0) is 11.6. The molecule has 0 bridgehead atoms. The van der Waals surface area contributed by atoms with Crippen LogP contribution in [0.5, 0.6) is 0 Å². The summed E-state index contributed by atoms with van der Waals surface area (Å²) in [4.78, 5) is 0. The van der Waals surface area contributed by atoms with E-state index in [4.69, 9.17) is 18.9 Å². The summed E-state index contributed by atoms with van der Waals surface area (Å²) in [6, 6.07) is 0. The Morgan fingerprint density at radius 1 is 1.25 bits per heavy atom. The summed E-state index contributed by atoms with van der Waals surface area (Å²) < 4.78 is 21.6. The Labute approximate surface area is 97.4 Å². The van der Waals surface area contributed by atoms with Crippen molar-refractivity contribution in [3.05, 3.63) is 0 Å². The molecule has 1 heterocycles. The maximum absolute atomic E-state index is 5.51. The van der Waals surface area contributed by atoms with E-state index < -0.39 is 0 Å². The van der Waals surface area contributed by atoms with Gasteiger partial charge in [-0.05, 0) is 13.8 Å². The maximum Gasteiger partial charge on any atom is 0.169 e. The Bertz CT molecular complexity index is 156. The van der Waals surface area contributed by atoms with E-state index in [0.29, 0.717) is 39.6 Å². The number of nitrogens with one attached hydrogen (secondary N) is 1. The summed E-state index contributed by atoms with van der Waals surface area (Å²) in [6.45, 7) is 8.77. The lowest BCUT2D eigenvalue weighted by Crippen LogP contribution is -2.41. The molecule has 1 rings (SSSR count). The molecule has 5 nitrogen and oxygen atoms in total. The quantitative estimate of drug-likeness (QED) is 0.615. The predicted octanol–water partition coefficient (Wildman–Crippen LogP) is 0.391. The smallest absolute Gasteiger partial charge is 0.169 e. The number of hydrogen-bond donors (Lipinski definition) is 1. The van der Waals surface area contributed by atoms with E-state index in [1.807, 2.05) is 13.8 Å². The molecule has 0 radical (unpaired) electrons. The van der Waals surface area contributed by atoms with Crippen LogP contribution >= 0.6 is 0 Å². The summed E-state index contributed by atoms with van der Waals surface area (Å²) in [7, 11) is 0. The predicted molar refractivity (Wildman–Crippen MR) is 60.5 cm³/mol. The van der Waals surface area contributed by atoms with Crippen molar-refractivity contribution >= 4 is 0 Å². The topological polar surface area (TPSA) is 49.0 Å². The molecule has 0 amide bonds. The van der Waals surface area contributed by atoms with Crippen molar-refractivity contribution in [1.82, 2.24) is 5.32 Å². The Hall–Kier alpha value is -0.200. The molecule has 0 aromatic heterocycles.